The summed E-state index contributed by atoms with van der Waals surface area (Å²) in [5.74, 6) is 1.15. The van der Waals surface area contributed by atoms with Gasteiger partial charge in [-0.15, -0.1) is 11.8 Å². The van der Waals surface area contributed by atoms with Crippen LogP contribution in [0.5, 0.6) is 17.2 Å². The molecule has 2 atom stereocenters. The highest BCUT2D eigenvalue weighted by Crippen LogP contribution is 2.55. The lowest BCUT2D eigenvalue weighted by Crippen LogP contribution is -2.50. The number of thioether (sulfide) groups is 1. The summed E-state index contributed by atoms with van der Waals surface area (Å²) >= 11 is 7.84. The first-order valence-corrected chi connectivity index (χ1v) is 9.33. The van der Waals surface area contributed by atoms with Gasteiger partial charge in [-0.2, -0.15) is 0 Å². The summed E-state index contributed by atoms with van der Waals surface area (Å²) in [5, 5.41) is 0.230. The van der Waals surface area contributed by atoms with Gasteiger partial charge in [0.15, 0.2) is 11.5 Å². The van der Waals surface area contributed by atoms with Crippen molar-refractivity contribution < 1.29 is 23.8 Å². The molecule has 5 nitrogen and oxygen atoms in total. The summed E-state index contributed by atoms with van der Waals surface area (Å²) in [4.78, 5) is 26.1. The first kappa shape index (κ1) is 18.1. The number of ether oxygens (including phenoxy) is 3. The Morgan fingerprint density at radius 1 is 1.32 bits per heavy atom. The van der Waals surface area contributed by atoms with Crippen molar-refractivity contribution >= 4 is 34.9 Å². The topological polar surface area (TPSA) is 61.8 Å². The molecular weight excluding hydrogens is 364 g/mol. The maximum absolute atomic E-state index is 13.4. The molecule has 3 rings (SSSR count). The van der Waals surface area contributed by atoms with E-state index in [2.05, 4.69) is 0 Å². The van der Waals surface area contributed by atoms with Crippen molar-refractivity contribution in [2.24, 2.45) is 5.92 Å². The zero-order chi connectivity index (χ0) is 18.4. The summed E-state index contributed by atoms with van der Waals surface area (Å²) in [7, 11) is 2.96. The van der Waals surface area contributed by atoms with E-state index in [1.54, 1.807) is 6.07 Å². The number of hydrogen-bond acceptors (Lipinski definition) is 6. The van der Waals surface area contributed by atoms with Gasteiger partial charge in [-0.25, -0.2) is 0 Å². The van der Waals surface area contributed by atoms with Crippen LogP contribution in [-0.4, -0.2) is 37.1 Å². The Morgan fingerprint density at radius 2 is 2.00 bits per heavy atom. The molecule has 1 aromatic carbocycles. The Balaban J connectivity index is 2.24. The zero-order valence-electron chi connectivity index (χ0n) is 14.5. The molecule has 0 aromatic heterocycles. The third-order valence-electron chi connectivity index (χ3n) is 4.58. The molecule has 134 valence electrons. The predicted octanol–water partition coefficient (Wildman–Crippen LogP) is 3.92. The molecule has 0 bridgehead atoms. The number of Topliss-reactive ketones (excluding diaryl/α,β-unsaturated/α-hetero) is 1. The average molecular weight is 383 g/mol. The van der Waals surface area contributed by atoms with Crippen molar-refractivity contribution in [3.05, 3.63) is 27.6 Å². The van der Waals surface area contributed by atoms with Gasteiger partial charge >= 0.3 is 0 Å². The molecule has 0 N–H and O–H groups in total. The minimum Gasteiger partial charge on any atom is -0.496 e. The van der Waals surface area contributed by atoms with Crippen molar-refractivity contribution in [2.45, 2.75) is 25.9 Å². The monoisotopic (exact) mass is 382 g/mol. The normalized spacial score (nSPS) is 24.8. The van der Waals surface area contributed by atoms with Gasteiger partial charge in [-0.1, -0.05) is 25.4 Å². The summed E-state index contributed by atoms with van der Waals surface area (Å²) in [5.41, 5.74) is -0.933. The molecule has 1 aromatic rings. The highest BCUT2D eigenvalue weighted by atomic mass is 35.5. The summed E-state index contributed by atoms with van der Waals surface area (Å²) in [6.45, 7) is 3.81. The number of carbonyl (C=O) groups excluding carboxylic acids is 2. The van der Waals surface area contributed by atoms with E-state index in [9.17, 15) is 9.59 Å². The highest BCUT2D eigenvalue weighted by Gasteiger charge is 2.58. The van der Waals surface area contributed by atoms with Crippen LogP contribution in [0.3, 0.4) is 0 Å². The number of rotatable bonds is 4. The van der Waals surface area contributed by atoms with E-state index in [0.29, 0.717) is 22.0 Å². The SMILES string of the molecule is CCSC1=CC(=O)C[C@@H](C)[C@]12Oc1c(Cl)c(OC)cc(OC)c1C2=O. The Kier molecular flexibility index (Phi) is 4.77. The predicted molar refractivity (Wildman–Crippen MR) is 97.2 cm³/mol. The molecule has 1 heterocycles. The molecule has 1 aliphatic carbocycles. The zero-order valence-corrected chi connectivity index (χ0v) is 16.0. The molecule has 0 radical (unpaired) electrons. The average Bonchev–Trinajstić information content (AvgIpc) is 2.89. The number of ketones is 2. The maximum atomic E-state index is 13.4. The van der Waals surface area contributed by atoms with Crippen LogP contribution in [0.25, 0.3) is 0 Å². The van der Waals surface area contributed by atoms with Gasteiger partial charge in [0.2, 0.25) is 11.4 Å². The molecule has 0 amide bonds. The molecule has 0 saturated heterocycles. The number of halogens is 1. The van der Waals surface area contributed by atoms with Crippen LogP contribution in [-0.2, 0) is 4.79 Å². The fourth-order valence-corrected chi connectivity index (χ4v) is 4.73. The van der Waals surface area contributed by atoms with Crippen molar-refractivity contribution in [1.29, 1.82) is 0 Å². The van der Waals surface area contributed by atoms with E-state index < -0.39 is 5.60 Å². The van der Waals surface area contributed by atoms with Crippen molar-refractivity contribution in [2.75, 3.05) is 20.0 Å². The molecule has 25 heavy (non-hydrogen) atoms. The Bertz CT molecular complexity index is 788. The molecule has 2 aliphatic rings. The van der Waals surface area contributed by atoms with Crippen LogP contribution >= 0.6 is 23.4 Å². The quantitative estimate of drug-likeness (QED) is 0.786. The minimum absolute atomic E-state index is 0.00271. The number of carbonyl (C=O) groups is 2. The van der Waals surface area contributed by atoms with Crippen molar-refractivity contribution in [3.63, 3.8) is 0 Å². The third kappa shape index (κ3) is 2.54. The van der Waals surface area contributed by atoms with E-state index in [1.807, 2.05) is 13.8 Å². The van der Waals surface area contributed by atoms with Gasteiger partial charge in [-0.3, -0.25) is 9.59 Å². The molecular formula is C18H19ClO5S. The number of methoxy groups -OCH3 is 2. The second-order valence-corrected chi connectivity index (χ2v) is 7.66. The number of fused-ring (bicyclic) bond motifs is 1. The lowest BCUT2D eigenvalue weighted by Gasteiger charge is -2.37. The van der Waals surface area contributed by atoms with Crippen LogP contribution in [0.2, 0.25) is 5.02 Å². The van der Waals surface area contributed by atoms with Gasteiger partial charge in [0.25, 0.3) is 0 Å². The number of benzene rings is 1. The number of allylic oxidation sites excluding steroid dienone is 1. The van der Waals surface area contributed by atoms with Crippen molar-refractivity contribution in [1.82, 2.24) is 0 Å². The van der Waals surface area contributed by atoms with Gasteiger partial charge in [0, 0.05) is 23.3 Å². The first-order valence-electron chi connectivity index (χ1n) is 7.96. The van der Waals surface area contributed by atoms with Crippen LogP contribution in [0.4, 0.5) is 0 Å². The fourth-order valence-electron chi connectivity index (χ4n) is 3.39. The fraction of sp³-hybridized carbons (Fsp3) is 0.444. The standard InChI is InChI=1S/C18H19ClO5S/c1-5-25-13-7-10(20)6-9(2)18(13)17(21)14-11(22-3)8-12(23-4)15(19)16(14)24-18/h7-9H,5-6H2,1-4H3/t9-,18+/m1/s1. The highest BCUT2D eigenvalue weighted by molar-refractivity contribution is 8.03. The molecule has 0 fully saturated rings. The van der Waals surface area contributed by atoms with Crippen LogP contribution in [0.1, 0.15) is 30.6 Å². The first-order chi connectivity index (χ1) is 11.9. The van der Waals surface area contributed by atoms with E-state index in [4.69, 9.17) is 25.8 Å². The Labute approximate surface area is 155 Å². The summed E-state index contributed by atoms with van der Waals surface area (Å²) in [6.07, 6.45) is 1.76. The van der Waals surface area contributed by atoms with Crippen molar-refractivity contribution in [3.8, 4) is 17.2 Å². The molecule has 1 aliphatic heterocycles. The van der Waals surface area contributed by atoms with Gasteiger partial charge < -0.3 is 14.2 Å². The lowest BCUT2D eigenvalue weighted by molar-refractivity contribution is -0.117. The third-order valence-corrected chi connectivity index (χ3v) is 5.96. The van der Waals surface area contributed by atoms with Gasteiger partial charge in [0.05, 0.1) is 14.2 Å². The minimum atomic E-state index is -1.24. The second kappa shape index (κ2) is 6.57. The summed E-state index contributed by atoms with van der Waals surface area (Å²) < 4.78 is 16.8. The van der Waals surface area contributed by atoms with Crippen LogP contribution in [0, 0.1) is 5.92 Å². The van der Waals surface area contributed by atoms with E-state index >= 15 is 0 Å². The Hall–Kier alpha value is -1.66. The largest absolute Gasteiger partial charge is 0.496 e. The van der Waals surface area contributed by atoms with Gasteiger partial charge in [0.1, 0.15) is 22.1 Å². The second-order valence-electron chi connectivity index (χ2n) is 5.98. The van der Waals surface area contributed by atoms with E-state index in [-0.39, 0.29) is 34.7 Å². The molecule has 1 spiro atoms. The lowest BCUT2D eigenvalue weighted by atomic mass is 9.77. The molecule has 0 unspecified atom stereocenters. The van der Waals surface area contributed by atoms with Crippen LogP contribution in [0.15, 0.2) is 17.0 Å². The van der Waals surface area contributed by atoms with Gasteiger partial charge in [-0.05, 0) is 11.8 Å². The molecule has 7 heteroatoms. The van der Waals surface area contributed by atoms with E-state index in [0.717, 1.165) is 5.75 Å². The molecule has 0 saturated carbocycles. The smallest absolute Gasteiger partial charge is 0.219 e. The van der Waals surface area contributed by atoms with Crippen LogP contribution < -0.4 is 14.2 Å². The van der Waals surface area contributed by atoms with E-state index in [1.165, 1.54) is 32.1 Å². The summed E-state index contributed by atoms with van der Waals surface area (Å²) in [6, 6.07) is 1.58. The Morgan fingerprint density at radius 3 is 2.60 bits per heavy atom. The maximum Gasteiger partial charge on any atom is 0.219 e. The number of hydrogen-bond donors (Lipinski definition) is 0.